The van der Waals surface area contributed by atoms with Crippen LogP contribution in [-0.4, -0.2) is 11.6 Å². The van der Waals surface area contributed by atoms with E-state index in [-0.39, 0.29) is 6.10 Å². The van der Waals surface area contributed by atoms with Crippen LogP contribution in [0.15, 0.2) is 29.6 Å². The maximum atomic E-state index is 5.78. The lowest BCUT2D eigenvalue weighted by atomic mass is 10.1. The average molecular weight is 246 g/mol. The minimum atomic E-state index is 0.204. The molecule has 2 N–H and O–H groups in total. The largest absolute Gasteiger partial charge is 0.399 e. The number of rotatable bonds is 2. The van der Waals surface area contributed by atoms with Gasteiger partial charge in [-0.1, -0.05) is 12.1 Å². The zero-order valence-corrected chi connectivity index (χ0v) is 10.2. The molecule has 1 aromatic carbocycles. The molecule has 1 aliphatic rings. The van der Waals surface area contributed by atoms with Crippen LogP contribution in [0.3, 0.4) is 0 Å². The minimum absolute atomic E-state index is 0.204. The van der Waals surface area contributed by atoms with Crippen LogP contribution in [0, 0.1) is 0 Å². The van der Waals surface area contributed by atoms with Crippen molar-refractivity contribution in [2.75, 3.05) is 12.3 Å². The Labute approximate surface area is 104 Å². The number of nitrogens with two attached hydrogens (primary N) is 1. The lowest BCUT2D eigenvalue weighted by molar-refractivity contribution is 0.112. The summed E-state index contributed by atoms with van der Waals surface area (Å²) in [4.78, 5) is 4.64. The first-order valence-electron chi connectivity index (χ1n) is 5.76. The van der Waals surface area contributed by atoms with E-state index < -0.39 is 0 Å². The van der Waals surface area contributed by atoms with Crippen molar-refractivity contribution in [2.24, 2.45) is 0 Å². The summed E-state index contributed by atoms with van der Waals surface area (Å²) in [6.45, 7) is 0.859. The smallest absolute Gasteiger partial charge is 0.122 e. The average Bonchev–Trinajstić information content (AvgIpc) is 3.00. The summed E-state index contributed by atoms with van der Waals surface area (Å²) in [5.74, 6) is 0. The molecule has 0 radical (unpaired) electrons. The van der Waals surface area contributed by atoms with E-state index in [0.29, 0.717) is 0 Å². The molecule has 0 amide bonds. The molecule has 1 aromatic heterocycles. The fourth-order valence-corrected chi connectivity index (χ4v) is 2.95. The lowest BCUT2D eigenvalue weighted by Crippen LogP contribution is -1.94. The molecule has 4 heteroatoms. The van der Waals surface area contributed by atoms with Crippen molar-refractivity contribution in [2.45, 2.75) is 18.9 Å². The van der Waals surface area contributed by atoms with Gasteiger partial charge in [0.2, 0.25) is 0 Å². The molecule has 0 spiro atoms. The van der Waals surface area contributed by atoms with Crippen molar-refractivity contribution in [3.8, 4) is 11.3 Å². The highest BCUT2D eigenvalue weighted by Crippen LogP contribution is 2.33. The van der Waals surface area contributed by atoms with Gasteiger partial charge >= 0.3 is 0 Å². The molecule has 2 heterocycles. The summed E-state index contributed by atoms with van der Waals surface area (Å²) in [5.41, 5.74) is 8.62. The van der Waals surface area contributed by atoms with Crippen molar-refractivity contribution >= 4 is 17.0 Å². The summed E-state index contributed by atoms with van der Waals surface area (Å²) < 4.78 is 5.64. The van der Waals surface area contributed by atoms with E-state index in [1.165, 1.54) is 0 Å². The van der Waals surface area contributed by atoms with Gasteiger partial charge in [0.25, 0.3) is 0 Å². The molecule has 3 nitrogen and oxygen atoms in total. The molecule has 0 saturated carbocycles. The topological polar surface area (TPSA) is 48.1 Å². The maximum Gasteiger partial charge on any atom is 0.122 e. The third-order valence-electron chi connectivity index (χ3n) is 2.91. The highest BCUT2D eigenvalue weighted by Gasteiger charge is 2.21. The van der Waals surface area contributed by atoms with Crippen molar-refractivity contribution in [1.29, 1.82) is 0 Å². The number of hydrogen-bond acceptors (Lipinski definition) is 4. The van der Waals surface area contributed by atoms with E-state index >= 15 is 0 Å². The van der Waals surface area contributed by atoms with Crippen LogP contribution < -0.4 is 5.73 Å². The third kappa shape index (κ3) is 2.18. The van der Waals surface area contributed by atoms with E-state index in [0.717, 1.165) is 41.4 Å². The Bertz CT molecular complexity index is 518. The number of benzene rings is 1. The molecular formula is C13H14N2OS. The molecule has 1 saturated heterocycles. The lowest BCUT2D eigenvalue weighted by Gasteiger charge is -2.03. The Morgan fingerprint density at radius 3 is 3.12 bits per heavy atom. The Balaban J connectivity index is 1.89. The zero-order valence-electron chi connectivity index (χ0n) is 9.43. The van der Waals surface area contributed by atoms with E-state index in [1.807, 2.05) is 24.3 Å². The van der Waals surface area contributed by atoms with Crippen LogP contribution in [0.4, 0.5) is 5.69 Å². The van der Waals surface area contributed by atoms with Gasteiger partial charge in [0.15, 0.2) is 0 Å². The SMILES string of the molecule is Nc1cccc(-c2csc(C3CCCO3)n2)c1. The number of thiazole rings is 1. The Kier molecular flexibility index (Phi) is 2.82. The number of ether oxygens (including phenoxy) is 1. The number of hydrogen-bond donors (Lipinski definition) is 1. The van der Waals surface area contributed by atoms with Gasteiger partial charge in [-0.05, 0) is 25.0 Å². The zero-order chi connectivity index (χ0) is 11.7. The Morgan fingerprint density at radius 2 is 2.35 bits per heavy atom. The number of anilines is 1. The summed E-state index contributed by atoms with van der Waals surface area (Å²) in [6, 6.07) is 7.83. The normalized spacial score (nSPS) is 19.6. The second-order valence-electron chi connectivity index (χ2n) is 4.20. The van der Waals surface area contributed by atoms with Crippen molar-refractivity contribution in [1.82, 2.24) is 4.98 Å². The van der Waals surface area contributed by atoms with Gasteiger partial charge < -0.3 is 10.5 Å². The molecule has 1 aliphatic heterocycles. The fourth-order valence-electron chi connectivity index (χ4n) is 2.04. The summed E-state index contributed by atoms with van der Waals surface area (Å²) in [5, 5.41) is 3.16. The Morgan fingerprint density at radius 1 is 1.41 bits per heavy atom. The van der Waals surface area contributed by atoms with Gasteiger partial charge in [-0.15, -0.1) is 11.3 Å². The molecule has 1 atom stereocenters. The molecule has 88 valence electrons. The van der Waals surface area contributed by atoms with Crippen LogP contribution in [-0.2, 0) is 4.74 Å². The standard InChI is InChI=1S/C13H14N2OS/c14-10-4-1-3-9(7-10)11-8-17-13(15-11)12-5-2-6-16-12/h1,3-4,7-8,12H,2,5-6,14H2. The quantitative estimate of drug-likeness (QED) is 0.827. The molecule has 3 rings (SSSR count). The van der Waals surface area contributed by atoms with Crippen LogP contribution in [0.1, 0.15) is 24.0 Å². The van der Waals surface area contributed by atoms with Gasteiger partial charge in [0.1, 0.15) is 11.1 Å². The fraction of sp³-hybridized carbons (Fsp3) is 0.308. The molecular weight excluding hydrogens is 232 g/mol. The number of nitrogens with zero attached hydrogens (tertiary/aromatic N) is 1. The van der Waals surface area contributed by atoms with E-state index in [4.69, 9.17) is 10.5 Å². The summed E-state index contributed by atoms with van der Waals surface area (Å²) >= 11 is 1.67. The van der Waals surface area contributed by atoms with Crippen LogP contribution in [0.2, 0.25) is 0 Å². The Hall–Kier alpha value is -1.39. The second-order valence-corrected chi connectivity index (χ2v) is 5.09. The van der Waals surface area contributed by atoms with Crippen LogP contribution >= 0.6 is 11.3 Å². The van der Waals surface area contributed by atoms with Gasteiger partial charge in [0.05, 0.1) is 5.69 Å². The van der Waals surface area contributed by atoms with E-state index in [9.17, 15) is 0 Å². The molecule has 17 heavy (non-hydrogen) atoms. The van der Waals surface area contributed by atoms with Gasteiger partial charge in [-0.25, -0.2) is 4.98 Å². The first-order chi connectivity index (χ1) is 8.33. The molecule has 1 unspecified atom stereocenters. The highest BCUT2D eigenvalue weighted by molar-refractivity contribution is 7.10. The third-order valence-corrected chi connectivity index (χ3v) is 3.85. The molecule has 0 aliphatic carbocycles. The van der Waals surface area contributed by atoms with Crippen LogP contribution in [0.5, 0.6) is 0 Å². The monoisotopic (exact) mass is 246 g/mol. The summed E-state index contributed by atoms with van der Waals surface area (Å²) in [7, 11) is 0. The van der Waals surface area contributed by atoms with Crippen molar-refractivity contribution in [3.63, 3.8) is 0 Å². The van der Waals surface area contributed by atoms with Gasteiger partial charge in [0, 0.05) is 23.2 Å². The first-order valence-corrected chi connectivity index (χ1v) is 6.64. The van der Waals surface area contributed by atoms with Gasteiger partial charge in [-0.2, -0.15) is 0 Å². The summed E-state index contributed by atoms with van der Waals surface area (Å²) in [6.07, 6.45) is 2.43. The van der Waals surface area contributed by atoms with Crippen molar-refractivity contribution in [3.05, 3.63) is 34.7 Å². The first kappa shape index (κ1) is 10.7. The number of aromatic nitrogens is 1. The van der Waals surface area contributed by atoms with E-state index in [2.05, 4.69) is 10.4 Å². The van der Waals surface area contributed by atoms with Gasteiger partial charge in [-0.3, -0.25) is 0 Å². The number of nitrogen functional groups attached to an aromatic ring is 1. The maximum absolute atomic E-state index is 5.78. The molecule has 0 bridgehead atoms. The van der Waals surface area contributed by atoms with Crippen LogP contribution in [0.25, 0.3) is 11.3 Å². The predicted octanol–water partition coefficient (Wildman–Crippen LogP) is 3.24. The minimum Gasteiger partial charge on any atom is -0.399 e. The van der Waals surface area contributed by atoms with Crippen molar-refractivity contribution < 1.29 is 4.74 Å². The highest BCUT2D eigenvalue weighted by atomic mass is 32.1. The molecule has 2 aromatic rings. The second kappa shape index (κ2) is 4.47. The molecule has 1 fully saturated rings. The predicted molar refractivity (Wildman–Crippen MR) is 69.9 cm³/mol. The van der Waals surface area contributed by atoms with E-state index in [1.54, 1.807) is 11.3 Å².